The van der Waals surface area contributed by atoms with Gasteiger partial charge >= 0.3 is 0 Å². The first-order valence-corrected chi connectivity index (χ1v) is 9.09. The van der Waals surface area contributed by atoms with Crippen LogP contribution in [0.2, 0.25) is 0 Å². The van der Waals surface area contributed by atoms with Gasteiger partial charge < -0.3 is 15.0 Å². The van der Waals surface area contributed by atoms with Gasteiger partial charge in [0.25, 0.3) is 5.91 Å². The Labute approximate surface area is 149 Å². The molecule has 1 aromatic carbocycles. The summed E-state index contributed by atoms with van der Waals surface area (Å²) in [4.78, 5) is 28.7. The predicted molar refractivity (Wildman–Crippen MR) is 96.7 cm³/mol. The molecule has 1 saturated heterocycles. The van der Waals surface area contributed by atoms with Crippen LogP contribution in [0.4, 0.5) is 5.69 Å². The van der Waals surface area contributed by atoms with Gasteiger partial charge in [-0.2, -0.15) is 0 Å². The number of hydrogen-bond acceptors (Lipinski definition) is 4. The number of likely N-dealkylation sites (tertiary alicyclic amines) is 1. The first-order valence-electron chi connectivity index (χ1n) is 9.09. The summed E-state index contributed by atoms with van der Waals surface area (Å²) in [5.41, 5.74) is 0.683. The lowest BCUT2D eigenvalue weighted by Crippen LogP contribution is -2.50. The van der Waals surface area contributed by atoms with Crippen LogP contribution in [-0.2, 0) is 9.59 Å². The van der Waals surface area contributed by atoms with Crippen molar-refractivity contribution in [3.05, 3.63) is 24.3 Å². The summed E-state index contributed by atoms with van der Waals surface area (Å²) in [6.45, 7) is 4.40. The zero-order valence-corrected chi connectivity index (χ0v) is 15.0. The summed E-state index contributed by atoms with van der Waals surface area (Å²) < 4.78 is 5.63. The lowest BCUT2D eigenvalue weighted by molar-refractivity contribution is -0.134. The van der Waals surface area contributed by atoms with Crippen LogP contribution in [0.25, 0.3) is 0 Å². The molecule has 0 bridgehead atoms. The molecule has 0 aromatic heterocycles. The number of ether oxygens (including phenoxy) is 1. The number of anilines is 1. The van der Waals surface area contributed by atoms with Crippen molar-refractivity contribution in [3.8, 4) is 5.75 Å². The molecule has 2 amide bonds. The average molecular weight is 345 g/mol. The number of para-hydroxylation sites is 2. The van der Waals surface area contributed by atoms with Crippen molar-refractivity contribution in [2.24, 2.45) is 5.92 Å². The maximum Gasteiger partial charge on any atom is 0.268 e. The standard InChI is InChI=1S/C19H27N3O3/c1-14-19(24)22(16-5-3-4-6-17(16)25-14)13-18(23)21-11-8-15(9-12-21)7-10-20-2/h3-6,14-15,20H,7-13H2,1-2H3. The van der Waals surface area contributed by atoms with Gasteiger partial charge in [-0.3, -0.25) is 14.5 Å². The van der Waals surface area contributed by atoms with Gasteiger partial charge in [0.15, 0.2) is 6.10 Å². The van der Waals surface area contributed by atoms with Gasteiger partial charge in [0.1, 0.15) is 12.3 Å². The fourth-order valence-electron chi connectivity index (χ4n) is 3.58. The maximum atomic E-state index is 12.7. The van der Waals surface area contributed by atoms with E-state index in [4.69, 9.17) is 4.74 Å². The van der Waals surface area contributed by atoms with Crippen molar-refractivity contribution < 1.29 is 14.3 Å². The second kappa shape index (κ2) is 7.87. The van der Waals surface area contributed by atoms with E-state index in [0.717, 1.165) is 38.9 Å². The van der Waals surface area contributed by atoms with Crippen LogP contribution < -0.4 is 15.0 Å². The van der Waals surface area contributed by atoms with Gasteiger partial charge in [-0.1, -0.05) is 12.1 Å². The molecule has 0 saturated carbocycles. The predicted octanol–water partition coefficient (Wildman–Crippen LogP) is 1.65. The van der Waals surface area contributed by atoms with E-state index in [-0.39, 0.29) is 18.4 Å². The van der Waals surface area contributed by atoms with Crippen molar-refractivity contribution in [2.75, 3.05) is 38.1 Å². The Kier molecular flexibility index (Phi) is 5.58. The largest absolute Gasteiger partial charge is 0.479 e. The topological polar surface area (TPSA) is 61.9 Å². The van der Waals surface area contributed by atoms with Crippen LogP contribution >= 0.6 is 0 Å². The smallest absolute Gasteiger partial charge is 0.268 e. The molecule has 1 atom stereocenters. The Morgan fingerprint density at radius 1 is 1.28 bits per heavy atom. The lowest BCUT2D eigenvalue weighted by atomic mass is 9.93. The van der Waals surface area contributed by atoms with Gasteiger partial charge in [-0.05, 0) is 57.8 Å². The van der Waals surface area contributed by atoms with Crippen LogP contribution in [0.3, 0.4) is 0 Å². The number of nitrogens with zero attached hydrogens (tertiary/aromatic N) is 2. The Morgan fingerprint density at radius 2 is 2.00 bits per heavy atom. The molecule has 1 aromatic rings. The minimum atomic E-state index is -0.560. The molecule has 3 rings (SSSR count). The van der Waals surface area contributed by atoms with Crippen LogP contribution in [0.1, 0.15) is 26.2 Å². The third-order valence-electron chi connectivity index (χ3n) is 5.14. The van der Waals surface area contributed by atoms with Crippen molar-refractivity contribution in [2.45, 2.75) is 32.3 Å². The van der Waals surface area contributed by atoms with Crippen molar-refractivity contribution >= 4 is 17.5 Å². The number of rotatable bonds is 5. The molecule has 0 radical (unpaired) electrons. The van der Waals surface area contributed by atoms with E-state index >= 15 is 0 Å². The molecule has 2 aliphatic rings. The first kappa shape index (κ1) is 17.7. The molecule has 2 aliphatic heterocycles. The Bertz CT molecular complexity index is 626. The molecule has 136 valence electrons. The van der Waals surface area contributed by atoms with Crippen molar-refractivity contribution in [1.82, 2.24) is 10.2 Å². The summed E-state index contributed by atoms with van der Waals surface area (Å²) in [6.07, 6.45) is 2.68. The number of benzene rings is 1. The lowest BCUT2D eigenvalue weighted by Gasteiger charge is -2.36. The Hall–Kier alpha value is -2.08. The fourth-order valence-corrected chi connectivity index (χ4v) is 3.58. The van der Waals surface area contributed by atoms with E-state index in [9.17, 15) is 9.59 Å². The summed E-state index contributed by atoms with van der Waals surface area (Å²) in [6, 6.07) is 7.40. The van der Waals surface area contributed by atoms with E-state index in [1.807, 2.05) is 36.2 Å². The monoisotopic (exact) mass is 345 g/mol. The number of fused-ring (bicyclic) bond motifs is 1. The zero-order chi connectivity index (χ0) is 17.8. The maximum absolute atomic E-state index is 12.7. The normalized spacial score (nSPS) is 21.0. The summed E-state index contributed by atoms with van der Waals surface area (Å²) in [7, 11) is 1.97. The average Bonchev–Trinajstić information content (AvgIpc) is 2.64. The number of amides is 2. The molecular weight excluding hydrogens is 318 g/mol. The highest BCUT2D eigenvalue weighted by molar-refractivity contribution is 6.03. The van der Waals surface area contributed by atoms with Gasteiger partial charge in [-0.25, -0.2) is 0 Å². The van der Waals surface area contributed by atoms with E-state index in [1.54, 1.807) is 11.8 Å². The molecule has 1 N–H and O–H groups in total. The van der Waals surface area contributed by atoms with Gasteiger partial charge in [0.2, 0.25) is 5.91 Å². The Balaban J connectivity index is 1.62. The number of hydrogen-bond donors (Lipinski definition) is 1. The van der Waals surface area contributed by atoms with Crippen LogP contribution in [0.15, 0.2) is 24.3 Å². The number of carbonyl (C=O) groups excluding carboxylic acids is 2. The highest BCUT2D eigenvalue weighted by Crippen LogP contribution is 2.33. The van der Waals surface area contributed by atoms with Crippen LogP contribution in [0, 0.1) is 5.92 Å². The second-order valence-corrected chi connectivity index (χ2v) is 6.87. The Morgan fingerprint density at radius 3 is 2.72 bits per heavy atom. The molecule has 0 spiro atoms. The van der Waals surface area contributed by atoms with E-state index in [2.05, 4.69) is 5.32 Å². The molecule has 6 heteroatoms. The zero-order valence-electron chi connectivity index (χ0n) is 15.0. The number of carbonyl (C=O) groups is 2. The second-order valence-electron chi connectivity index (χ2n) is 6.87. The molecular formula is C19H27N3O3. The third-order valence-corrected chi connectivity index (χ3v) is 5.14. The van der Waals surface area contributed by atoms with Gasteiger partial charge in [0.05, 0.1) is 5.69 Å². The van der Waals surface area contributed by atoms with Crippen molar-refractivity contribution in [1.29, 1.82) is 0 Å². The molecule has 6 nitrogen and oxygen atoms in total. The summed E-state index contributed by atoms with van der Waals surface area (Å²) >= 11 is 0. The highest BCUT2D eigenvalue weighted by atomic mass is 16.5. The quantitative estimate of drug-likeness (QED) is 0.881. The fraction of sp³-hybridized carbons (Fsp3) is 0.579. The first-order chi connectivity index (χ1) is 12.1. The van der Waals surface area contributed by atoms with E-state index < -0.39 is 6.10 Å². The summed E-state index contributed by atoms with van der Waals surface area (Å²) in [5, 5.41) is 3.18. The number of nitrogens with one attached hydrogen (secondary N) is 1. The minimum Gasteiger partial charge on any atom is -0.479 e. The third kappa shape index (κ3) is 3.95. The minimum absolute atomic E-state index is 0.0179. The van der Waals surface area contributed by atoms with Crippen LogP contribution in [0.5, 0.6) is 5.75 Å². The van der Waals surface area contributed by atoms with E-state index in [1.165, 1.54) is 0 Å². The molecule has 25 heavy (non-hydrogen) atoms. The van der Waals surface area contributed by atoms with Gasteiger partial charge in [-0.15, -0.1) is 0 Å². The summed E-state index contributed by atoms with van der Waals surface area (Å²) in [5.74, 6) is 1.20. The molecule has 2 heterocycles. The van der Waals surface area contributed by atoms with Gasteiger partial charge in [0, 0.05) is 13.1 Å². The van der Waals surface area contributed by atoms with Crippen molar-refractivity contribution in [3.63, 3.8) is 0 Å². The van der Waals surface area contributed by atoms with Crippen LogP contribution in [-0.4, -0.2) is 56.0 Å². The SMILES string of the molecule is CNCCC1CCN(C(=O)CN2C(=O)C(C)Oc3ccccc32)CC1. The molecule has 0 aliphatic carbocycles. The molecule has 1 unspecified atom stereocenters. The highest BCUT2D eigenvalue weighted by Gasteiger charge is 2.34. The number of piperidine rings is 1. The van der Waals surface area contributed by atoms with E-state index in [0.29, 0.717) is 17.4 Å². The molecule has 1 fully saturated rings.